The SMILES string of the molecule is C=C(C)SC(=C)c1ccc(O)nc1. The van der Waals surface area contributed by atoms with E-state index in [9.17, 15) is 0 Å². The molecule has 68 valence electrons. The van der Waals surface area contributed by atoms with Crippen LogP contribution in [0.25, 0.3) is 4.91 Å². The van der Waals surface area contributed by atoms with E-state index >= 15 is 0 Å². The third-order valence-corrected chi connectivity index (χ3v) is 2.20. The van der Waals surface area contributed by atoms with Gasteiger partial charge in [0.15, 0.2) is 0 Å². The minimum Gasteiger partial charge on any atom is -0.493 e. The Morgan fingerprint density at radius 2 is 2.15 bits per heavy atom. The van der Waals surface area contributed by atoms with Gasteiger partial charge < -0.3 is 5.11 Å². The highest BCUT2D eigenvalue weighted by atomic mass is 32.2. The van der Waals surface area contributed by atoms with Gasteiger partial charge in [-0.1, -0.05) is 24.9 Å². The number of hydrogen-bond acceptors (Lipinski definition) is 3. The lowest BCUT2D eigenvalue weighted by atomic mass is 10.3. The minimum absolute atomic E-state index is 0.0249. The van der Waals surface area contributed by atoms with Crippen LogP contribution in [-0.2, 0) is 0 Å². The first kappa shape index (κ1) is 9.86. The van der Waals surface area contributed by atoms with Gasteiger partial charge in [0.2, 0.25) is 5.88 Å². The predicted molar refractivity (Wildman–Crippen MR) is 57.3 cm³/mol. The third kappa shape index (κ3) is 2.95. The number of pyridine rings is 1. The van der Waals surface area contributed by atoms with Gasteiger partial charge in [0.25, 0.3) is 0 Å². The van der Waals surface area contributed by atoms with E-state index in [2.05, 4.69) is 18.1 Å². The van der Waals surface area contributed by atoms with Gasteiger partial charge in [0.1, 0.15) is 0 Å². The molecule has 1 rings (SSSR count). The number of hydrogen-bond donors (Lipinski definition) is 1. The molecule has 0 aromatic carbocycles. The number of nitrogens with zero attached hydrogens (tertiary/aromatic N) is 1. The van der Waals surface area contributed by atoms with Crippen LogP contribution < -0.4 is 0 Å². The number of rotatable bonds is 3. The molecule has 0 bridgehead atoms. The van der Waals surface area contributed by atoms with Crippen molar-refractivity contribution in [3.05, 3.63) is 42.0 Å². The summed E-state index contributed by atoms with van der Waals surface area (Å²) in [6.45, 7) is 9.57. The van der Waals surface area contributed by atoms with Gasteiger partial charge in [-0.2, -0.15) is 0 Å². The fraction of sp³-hybridized carbons (Fsp3) is 0.100. The highest BCUT2D eigenvalue weighted by Gasteiger charge is 2.00. The smallest absolute Gasteiger partial charge is 0.210 e. The van der Waals surface area contributed by atoms with Crippen LogP contribution in [0.1, 0.15) is 12.5 Å². The van der Waals surface area contributed by atoms with Crippen LogP contribution in [0, 0.1) is 0 Å². The molecule has 0 aliphatic rings. The molecule has 0 aliphatic heterocycles. The van der Waals surface area contributed by atoms with E-state index in [0.717, 1.165) is 15.4 Å². The summed E-state index contributed by atoms with van der Waals surface area (Å²) in [7, 11) is 0. The van der Waals surface area contributed by atoms with E-state index < -0.39 is 0 Å². The Bertz CT molecular complexity index is 329. The summed E-state index contributed by atoms with van der Waals surface area (Å²) in [5.74, 6) is 0.0249. The van der Waals surface area contributed by atoms with Crippen molar-refractivity contribution < 1.29 is 5.11 Å². The molecule has 13 heavy (non-hydrogen) atoms. The molecule has 0 atom stereocenters. The third-order valence-electron chi connectivity index (χ3n) is 1.37. The zero-order valence-corrected chi connectivity index (χ0v) is 8.27. The molecule has 1 aromatic heterocycles. The number of thioether (sulfide) groups is 1. The van der Waals surface area contributed by atoms with Crippen molar-refractivity contribution in [3.8, 4) is 5.88 Å². The fourth-order valence-electron chi connectivity index (χ4n) is 0.820. The molecular weight excluding hydrogens is 182 g/mol. The Balaban J connectivity index is 2.78. The van der Waals surface area contributed by atoms with Crippen LogP contribution >= 0.6 is 11.8 Å². The van der Waals surface area contributed by atoms with E-state index in [0.29, 0.717) is 0 Å². The maximum Gasteiger partial charge on any atom is 0.210 e. The minimum atomic E-state index is 0.0249. The van der Waals surface area contributed by atoms with Gasteiger partial charge in [0.05, 0.1) is 0 Å². The normalized spacial score (nSPS) is 9.62. The van der Waals surface area contributed by atoms with Crippen LogP contribution in [0.3, 0.4) is 0 Å². The number of aromatic nitrogens is 1. The van der Waals surface area contributed by atoms with Gasteiger partial charge >= 0.3 is 0 Å². The van der Waals surface area contributed by atoms with Gasteiger partial charge in [-0.05, 0) is 17.9 Å². The zero-order chi connectivity index (χ0) is 9.84. The van der Waals surface area contributed by atoms with Gasteiger partial charge in [0, 0.05) is 22.7 Å². The Morgan fingerprint density at radius 3 is 2.62 bits per heavy atom. The standard InChI is InChI=1S/C10H11NOS/c1-7(2)13-8(3)9-4-5-10(12)11-6-9/h4-6H,1,3H2,2H3,(H,11,12). The van der Waals surface area contributed by atoms with Crippen LogP contribution in [0.5, 0.6) is 5.88 Å². The highest BCUT2D eigenvalue weighted by molar-refractivity contribution is 8.11. The fourth-order valence-corrected chi connectivity index (χ4v) is 1.48. The van der Waals surface area contributed by atoms with E-state index in [4.69, 9.17) is 5.11 Å². The summed E-state index contributed by atoms with van der Waals surface area (Å²) in [6, 6.07) is 3.32. The van der Waals surface area contributed by atoms with Crippen LogP contribution in [0.15, 0.2) is 36.4 Å². The zero-order valence-electron chi connectivity index (χ0n) is 7.45. The average Bonchev–Trinajstić information content (AvgIpc) is 2.04. The molecule has 1 heterocycles. The van der Waals surface area contributed by atoms with E-state index in [1.807, 2.05) is 6.92 Å². The Hall–Kier alpha value is -1.22. The lowest BCUT2D eigenvalue weighted by Crippen LogP contribution is -1.80. The molecule has 0 amide bonds. The molecular formula is C10H11NOS. The van der Waals surface area contributed by atoms with Crippen molar-refractivity contribution >= 4 is 16.7 Å². The second kappa shape index (κ2) is 4.14. The van der Waals surface area contributed by atoms with Crippen molar-refractivity contribution in [3.63, 3.8) is 0 Å². The molecule has 0 saturated carbocycles. The maximum atomic E-state index is 8.96. The van der Waals surface area contributed by atoms with E-state index in [-0.39, 0.29) is 5.88 Å². The van der Waals surface area contributed by atoms with Gasteiger partial charge in [-0.15, -0.1) is 0 Å². The Labute approximate surface area is 82.0 Å². The average molecular weight is 193 g/mol. The van der Waals surface area contributed by atoms with Crippen LogP contribution in [0.4, 0.5) is 0 Å². The number of aromatic hydroxyl groups is 1. The maximum absolute atomic E-state index is 8.96. The van der Waals surface area contributed by atoms with Crippen molar-refractivity contribution in [1.82, 2.24) is 4.98 Å². The van der Waals surface area contributed by atoms with Crippen molar-refractivity contribution in [2.45, 2.75) is 6.92 Å². The van der Waals surface area contributed by atoms with Crippen molar-refractivity contribution in [2.75, 3.05) is 0 Å². The monoisotopic (exact) mass is 193 g/mol. The van der Waals surface area contributed by atoms with E-state index in [1.165, 1.54) is 11.8 Å². The lowest BCUT2D eigenvalue weighted by molar-refractivity contribution is 0.453. The molecule has 3 heteroatoms. The van der Waals surface area contributed by atoms with Crippen LogP contribution in [-0.4, -0.2) is 10.1 Å². The molecule has 0 radical (unpaired) electrons. The van der Waals surface area contributed by atoms with Gasteiger partial charge in [-0.25, -0.2) is 4.98 Å². The molecule has 1 N–H and O–H groups in total. The molecule has 0 saturated heterocycles. The van der Waals surface area contributed by atoms with Crippen molar-refractivity contribution in [1.29, 1.82) is 0 Å². The first-order valence-corrected chi connectivity index (χ1v) is 4.59. The van der Waals surface area contributed by atoms with E-state index in [1.54, 1.807) is 18.3 Å². The molecule has 0 unspecified atom stereocenters. The molecule has 0 aliphatic carbocycles. The Morgan fingerprint density at radius 1 is 1.46 bits per heavy atom. The summed E-state index contributed by atoms with van der Waals surface area (Å²) in [4.78, 5) is 5.63. The molecule has 2 nitrogen and oxygen atoms in total. The Kier molecular flexibility index (Phi) is 3.14. The molecule has 0 fully saturated rings. The summed E-state index contributed by atoms with van der Waals surface area (Å²) in [5, 5.41) is 8.96. The number of allylic oxidation sites excluding steroid dienone is 1. The molecule has 0 spiro atoms. The largest absolute Gasteiger partial charge is 0.493 e. The highest BCUT2D eigenvalue weighted by Crippen LogP contribution is 2.30. The first-order chi connectivity index (χ1) is 6.09. The van der Waals surface area contributed by atoms with Crippen LogP contribution in [0.2, 0.25) is 0 Å². The van der Waals surface area contributed by atoms with Gasteiger partial charge in [-0.3, -0.25) is 0 Å². The second-order valence-corrected chi connectivity index (χ2v) is 4.03. The predicted octanol–water partition coefficient (Wildman–Crippen LogP) is 3.02. The lowest BCUT2D eigenvalue weighted by Gasteiger charge is -2.03. The summed E-state index contributed by atoms with van der Waals surface area (Å²) in [5.41, 5.74) is 0.908. The summed E-state index contributed by atoms with van der Waals surface area (Å²) < 4.78 is 0. The second-order valence-electron chi connectivity index (χ2n) is 2.63. The molecule has 1 aromatic rings. The quantitative estimate of drug-likeness (QED) is 0.801. The first-order valence-electron chi connectivity index (χ1n) is 3.77. The summed E-state index contributed by atoms with van der Waals surface area (Å²) >= 11 is 1.50. The van der Waals surface area contributed by atoms with Crippen molar-refractivity contribution in [2.24, 2.45) is 0 Å². The summed E-state index contributed by atoms with van der Waals surface area (Å²) in [6.07, 6.45) is 1.59. The topological polar surface area (TPSA) is 33.1 Å².